The maximum atomic E-state index is 12.3. The van der Waals surface area contributed by atoms with Crippen molar-refractivity contribution in [2.75, 3.05) is 13.7 Å². The van der Waals surface area contributed by atoms with Crippen molar-refractivity contribution in [1.82, 2.24) is 0 Å². The van der Waals surface area contributed by atoms with Gasteiger partial charge in [-0.3, -0.25) is 4.79 Å². The smallest absolute Gasteiger partial charge is 0.404 e. The summed E-state index contributed by atoms with van der Waals surface area (Å²) in [5.41, 5.74) is 6.09. The number of hydrogen-bond donors (Lipinski definition) is 1. The van der Waals surface area contributed by atoms with E-state index in [0.717, 1.165) is 5.56 Å². The summed E-state index contributed by atoms with van der Waals surface area (Å²) < 4.78 is 9.48. The topological polar surface area (TPSA) is 78.6 Å². The lowest BCUT2D eigenvalue weighted by Gasteiger charge is -2.14. The number of carbonyl (C=O) groups is 2. The van der Waals surface area contributed by atoms with Crippen LogP contribution in [0.3, 0.4) is 0 Å². The molecule has 2 N–H and O–H groups in total. The standard InChI is InChI=1S/C15H14O2.C3H7NO2/c1-17-15(13-10-6-3-7-11-13)14(16)12-8-4-2-5-9-12;1-2-6-3(4)5/h2-11,15H,1H3;2H2,1H3,(H2,4,5). The van der Waals surface area contributed by atoms with Gasteiger partial charge in [-0.1, -0.05) is 60.7 Å². The zero-order valence-electron chi connectivity index (χ0n) is 13.3. The van der Waals surface area contributed by atoms with Gasteiger partial charge in [-0.2, -0.15) is 0 Å². The molecule has 0 radical (unpaired) electrons. The Morgan fingerprint density at radius 3 is 1.91 bits per heavy atom. The minimum absolute atomic E-state index is 0.0145. The van der Waals surface area contributed by atoms with Gasteiger partial charge in [0.2, 0.25) is 0 Å². The highest BCUT2D eigenvalue weighted by Gasteiger charge is 2.20. The van der Waals surface area contributed by atoms with Crippen LogP contribution in [-0.2, 0) is 9.47 Å². The predicted octanol–water partition coefficient (Wildman–Crippen LogP) is 3.36. The maximum absolute atomic E-state index is 12.3. The van der Waals surface area contributed by atoms with Gasteiger partial charge < -0.3 is 15.2 Å². The van der Waals surface area contributed by atoms with E-state index in [4.69, 9.17) is 4.74 Å². The number of ether oxygens (including phenoxy) is 2. The summed E-state index contributed by atoms with van der Waals surface area (Å²) in [6, 6.07) is 18.7. The van der Waals surface area contributed by atoms with Gasteiger partial charge in [-0.25, -0.2) is 4.79 Å². The Morgan fingerprint density at radius 2 is 1.52 bits per heavy atom. The normalized spacial score (nSPS) is 10.9. The summed E-state index contributed by atoms with van der Waals surface area (Å²) in [4.78, 5) is 21.9. The molecule has 0 heterocycles. The van der Waals surface area contributed by atoms with Gasteiger partial charge in [-0.05, 0) is 12.5 Å². The molecule has 1 amide bonds. The zero-order valence-corrected chi connectivity index (χ0v) is 13.3. The number of primary amides is 1. The maximum Gasteiger partial charge on any atom is 0.404 e. The van der Waals surface area contributed by atoms with Crippen molar-refractivity contribution in [1.29, 1.82) is 0 Å². The van der Waals surface area contributed by atoms with Crippen LogP contribution in [-0.4, -0.2) is 25.6 Å². The van der Waals surface area contributed by atoms with E-state index in [1.54, 1.807) is 26.2 Å². The van der Waals surface area contributed by atoms with Gasteiger partial charge in [0, 0.05) is 12.7 Å². The van der Waals surface area contributed by atoms with Crippen LogP contribution in [0.15, 0.2) is 60.7 Å². The monoisotopic (exact) mass is 315 g/mol. The highest BCUT2D eigenvalue weighted by Crippen LogP contribution is 2.21. The molecule has 0 saturated carbocycles. The van der Waals surface area contributed by atoms with Gasteiger partial charge in [-0.15, -0.1) is 0 Å². The first-order valence-corrected chi connectivity index (χ1v) is 7.19. The molecule has 0 saturated heterocycles. The van der Waals surface area contributed by atoms with E-state index in [1.165, 1.54) is 0 Å². The number of hydrogen-bond acceptors (Lipinski definition) is 4. The molecule has 0 aliphatic rings. The van der Waals surface area contributed by atoms with Crippen molar-refractivity contribution in [3.8, 4) is 0 Å². The van der Waals surface area contributed by atoms with E-state index in [1.807, 2.05) is 48.5 Å². The van der Waals surface area contributed by atoms with Crippen molar-refractivity contribution in [3.63, 3.8) is 0 Å². The fourth-order valence-corrected chi connectivity index (χ4v) is 1.92. The van der Waals surface area contributed by atoms with Crippen LogP contribution >= 0.6 is 0 Å². The fourth-order valence-electron chi connectivity index (χ4n) is 1.92. The largest absolute Gasteiger partial charge is 0.450 e. The number of ketones is 1. The van der Waals surface area contributed by atoms with Crippen LogP contribution < -0.4 is 5.73 Å². The van der Waals surface area contributed by atoms with Crippen LogP contribution in [0.4, 0.5) is 4.79 Å². The molecule has 23 heavy (non-hydrogen) atoms. The molecule has 0 aromatic heterocycles. The van der Waals surface area contributed by atoms with Gasteiger partial charge in [0.05, 0.1) is 6.61 Å². The van der Waals surface area contributed by atoms with Crippen molar-refractivity contribution < 1.29 is 19.1 Å². The third kappa shape index (κ3) is 6.32. The highest BCUT2D eigenvalue weighted by atomic mass is 16.5. The molecular weight excluding hydrogens is 294 g/mol. The third-order valence-electron chi connectivity index (χ3n) is 2.92. The molecule has 0 fully saturated rings. The molecule has 1 unspecified atom stereocenters. The number of nitrogens with two attached hydrogens (primary N) is 1. The Bertz CT molecular complexity index is 599. The number of carbonyl (C=O) groups excluding carboxylic acids is 2. The molecule has 5 nitrogen and oxygen atoms in total. The molecule has 2 aromatic rings. The number of rotatable bonds is 5. The average Bonchev–Trinajstić information content (AvgIpc) is 2.57. The van der Waals surface area contributed by atoms with E-state index < -0.39 is 12.2 Å². The first kappa shape index (κ1) is 18.4. The van der Waals surface area contributed by atoms with Crippen LogP contribution in [0.25, 0.3) is 0 Å². The second-order valence-electron chi connectivity index (χ2n) is 4.51. The van der Waals surface area contributed by atoms with Crippen molar-refractivity contribution in [2.24, 2.45) is 5.73 Å². The van der Waals surface area contributed by atoms with E-state index in [-0.39, 0.29) is 5.78 Å². The summed E-state index contributed by atoms with van der Waals surface area (Å²) in [5, 5.41) is 0. The molecule has 122 valence electrons. The van der Waals surface area contributed by atoms with Gasteiger partial charge in [0.25, 0.3) is 0 Å². The molecule has 1 atom stereocenters. The number of methoxy groups -OCH3 is 1. The van der Waals surface area contributed by atoms with E-state index >= 15 is 0 Å². The van der Waals surface area contributed by atoms with Crippen molar-refractivity contribution in [3.05, 3.63) is 71.8 Å². The summed E-state index contributed by atoms with van der Waals surface area (Å²) in [6.07, 6.45) is -1.24. The summed E-state index contributed by atoms with van der Waals surface area (Å²) in [5.74, 6) is -0.0145. The Balaban J connectivity index is 0.000000379. The van der Waals surface area contributed by atoms with Crippen LogP contribution in [0, 0.1) is 0 Å². The first-order chi connectivity index (χ1) is 11.1. The minimum atomic E-state index is -0.711. The van der Waals surface area contributed by atoms with Gasteiger partial charge >= 0.3 is 6.09 Å². The quantitative estimate of drug-likeness (QED) is 0.858. The summed E-state index contributed by atoms with van der Waals surface area (Å²) >= 11 is 0. The molecule has 0 aliphatic carbocycles. The molecular formula is C18H21NO4. The molecule has 2 rings (SSSR count). The molecule has 0 aliphatic heterocycles. The average molecular weight is 315 g/mol. The Hall–Kier alpha value is -2.66. The number of benzene rings is 2. The lowest BCUT2D eigenvalue weighted by molar-refractivity contribution is 0.0604. The Labute approximate surface area is 136 Å². The van der Waals surface area contributed by atoms with Crippen molar-refractivity contribution >= 4 is 11.9 Å². The van der Waals surface area contributed by atoms with Gasteiger partial charge in [0.15, 0.2) is 5.78 Å². The van der Waals surface area contributed by atoms with Crippen LogP contribution in [0.2, 0.25) is 0 Å². The Morgan fingerprint density at radius 1 is 1.00 bits per heavy atom. The molecule has 0 spiro atoms. The third-order valence-corrected chi connectivity index (χ3v) is 2.92. The molecule has 0 bridgehead atoms. The van der Waals surface area contributed by atoms with E-state index in [2.05, 4.69) is 10.5 Å². The SMILES string of the molecule is CCOC(N)=O.COC(C(=O)c1ccccc1)c1ccccc1. The second kappa shape index (κ2) is 10.1. The Kier molecular flexibility index (Phi) is 8.10. The fraction of sp³-hybridized carbons (Fsp3) is 0.222. The summed E-state index contributed by atoms with van der Waals surface area (Å²) in [6.45, 7) is 2.06. The number of amides is 1. The van der Waals surface area contributed by atoms with Crippen molar-refractivity contribution in [2.45, 2.75) is 13.0 Å². The highest BCUT2D eigenvalue weighted by molar-refractivity contribution is 6.00. The van der Waals surface area contributed by atoms with Crippen LogP contribution in [0.5, 0.6) is 0 Å². The lowest BCUT2D eigenvalue weighted by Crippen LogP contribution is -2.14. The molecule has 5 heteroatoms. The lowest BCUT2D eigenvalue weighted by atomic mass is 10.00. The zero-order chi connectivity index (χ0) is 17.1. The minimum Gasteiger partial charge on any atom is -0.450 e. The second-order valence-corrected chi connectivity index (χ2v) is 4.51. The number of Topliss-reactive ketones (excluding diaryl/α,β-unsaturated/α-hetero) is 1. The first-order valence-electron chi connectivity index (χ1n) is 7.19. The summed E-state index contributed by atoms with van der Waals surface area (Å²) in [7, 11) is 1.55. The predicted molar refractivity (Wildman–Crippen MR) is 88.2 cm³/mol. The van der Waals surface area contributed by atoms with Gasteiger partial charge in [0.1, 0.15) is 6.10 Å². The van der Waals surface area contributed by atoms with Crippen LogP contribution in [0.1, 0.15) is 28.9 Å². The molecule has 2 aromatic carbocycles. The van der Waals surface area contributed by atoms with E-state index in [9.17, 15) is 9.59 Å². The van der Waals surface area contributed by atoms with E-state index in [0.29, 0.717) is 12.2 Å².